The van der Waals surface area contributed by atoms with Crippen LogP contribution in [0.4, 0.5) is 5.69 Å². The SMILES string of the molecule is C[C@H]1CCCN(S(=O)(=O)c2csc(C(=O)Nc3cccc(C(=O)O)c3)c2)C1. The summed E-state index contributed by atoms with van der Waals surface area (Å²) in [6, 6.07) is 7.25. The van der Waals surface area contributed by atoms with Gasteiger partial charge in [-0.3, -0.25) is 4.79 Å². The van der Waals surface area contributed by atoms with Crippen LogP contribution in [0.15, 0.2) is 40.6 Å². The fraction of sp³-hybridized carbons (Fsp3) is 0.333. The number of piperidine rings is 1. The average Bonchev–Trinajstić information content (AvgIpc) is 3.13. The lowest BCUT2D eigenvalue weighted by atomic mass is 10.0. The molecule has 2 heterocycles. The van der Waals surface area contributed by atoms with Gasteiger partial charge in [-0.15, -0.1) is 11.3 Å². The third-order valence-electron chi connectivity index (χ3n) is 4.42. The highest BCUT2D eigenvalue weighted by molar-refractivity contribution is 7.89. The number of amides is 1. The van der Waals surface area contributed by atoms with Crippen LogP contribution in [0.25, 0.3) is 0 Å². The summed E-state index contributed by atoms with van der Waals surface area (Å²) < 4.78 is 27.0. The number of aromatic carboxylic acids is 1. The van der Waals surface area contributed by atoms with Gasteiger partial charge in [0.25, 0.3) is 5.91 Å². The number of sulfonamides is 1. The molecule has 27 heavy (non-hydrogen) atoms. The molecular weight excluding hydrogens is 388 g/mol. The monoisotopic (exact) mass is 408 g/mol. The number of thiophene rings is 1. The fourth-order valence-corrected chi connectivity index (χ4v) is 5.76. The normalized spacial score (nSPS) is 18.2. The van der Waals surface area contributed by atoms with E-state index in [0.29, 0.717) is 24.7 Å². The number of nitrogens with one attached hydrogen (secondary N) is 1. The first-order valence-corrected chi connectivity index (χ1v) is 10.8. The van der Waals surface area contributed by atoms with Crippen molar-refractivity contribution in [2.45, 2.75) is 24.7 Å². The molecule has 9 heteroatoms. The molecule has 1 aliphatic heterocycles. The molecule has 1 aliphatic rings. The molecule has 0 saturated carbocycles. The van der Waals surface area contributed by atoms with E-state index in [0.717, 1.165) is 24.2 Å². The van der Waals surface area contributed by atoms with Gasteiger partial charge in [0.15, 0.2) is 0 Å². The second-order valence-corrected chi connectivity index (χ2v) is 9.45. The van der Waals surface area contributed by atoms with Gasteiger partial charge in [0.1, 0.15) is 0 Å². The minimum absolute atomic E-state index is 0.0569. The average molecular weight is 409 g/mol. The minimum Gasteiger partial charge on any atom is -0.478 e. The van der Waals surface area contributed by atoms with E-state index < -0.39 is 21.9 Å². The number of carboxylic acid groups (broad SMARTS) is 1. The molecule has 0 radical (unpaired) electrons. The van der Waals surface area contributed by atoms with Crippen LogP contribution in [0.3, 0.4) is 0 Å². The molecule has 0 aliphatic carbocycles. The summed E-state index contributed by atoms with van der Waals surface area (Å²) in [6.45, 7) is 3.01. The molecule has 0 spiro atoms. The van der Waals surface area contributed by atoms with Crippen molar-refractivity contribution >= 4 is 38.9 Å². The largest absolute Gasteiger partial charge is 0.478 e. The molecule has 1 amide bonds. The fourth-order valence-electron chi connectivity index (χ4n) is 3.01. The molecule has 1 aromatic heterocycles. The lowest BCUT2D eigenvalue weighted by Crippen LogP contribution is -2.38. The van der Waals surface area contributed by atoms with Gasteiger partial charge in [-0.2, -0.15) is 4.31 Å². The second kappa shape index (κ2) is 7.79. The molecule has 0 unspecified atom stereocenters. The first-order valence-electron chi connectivity index (χ1n) is 8.51. The smallest absolute Gasteiger partial charge is 0.335 e. The highest BCUT2D eigenvalue weighted by Gasteiger charge is 2.30. The lowest BCUT2D eigenvalue weighted by Gasteiger charge is -2.29. The topological polar surface area (TPSA) is 104 Å². The van der Waals surface area contributed by atoms with Crippen molar-refractivity contribution in [3.8, 4) is 0 Å². The van der Waals surface area contributed by atoms with E-state index >= 15 is 0 Å². The van der Waals surface area contributed by atoms with Crippen molar-refractivity contribution in [1.82, 2.24) is 4.31 Å². The Balaban J connectivity index is 1.76. The van der Waals surface area contributed by atoms with Crippen molar-refractivity contribution in [2.75, 3.05) is 18.4 Å². The summed E-state index contributed by atoms with van der Waals surface area (Å²) in [4.78, 5) is 23.8. The van der Waals surface area contributed by atoms with Crippen LogP contribution in [-0.4, -0.2) is 42.8 Å². The van der Waals surface area contributed by atoms with Crippen molar-refractivity contribution < 1.29 is 23.1 Å². The third-order valence-corrected chi connectivity index (χ3v) is 7.35. The number of carboxylic acids is 1. The highest BCUT2D eigenvalue weighted by Crippen LogP contribution is 2.27. The number of hydrogen-bond donors (Lipinski definition) is 2. The van der Waals surface area contributed by atoms with Gasteiger partial charge in [-0.25, -0.2) is 13.2 Å². The zero-order valence-electron chi connectivity index (χ0n) is 14.7. The van der Waals surface area contributed by atoms with Crippen LogP contribution in [-0.2, 0) is 10.0 Å². The standard InChI is InChI=1S/C18H20N2O5S2/c1-12-4-3-7-20(10-12)27(24,25)15-9-16(26-11-15)17(21)19-14-6-2-5-13(8-14)18(22)23/h2,5-6,8-9,11-12H,3-4,7,10H2,1H3,(H,19,21)(H,22,23)/t12-/m0/s1. The summed E-state index contributed by atoms with van der Waals surface area (Å²) in [5, 5.41) is 13.1. The van der Waals surface area contributed by atoms with E-state index in [9.17, 15) is 18.0 Å². The molecule has 2 aromatic rings. The maximum atomic E-state index is 12.8. The van der Waals surface area contributed by atoms with Gasteiger partial charge in [-0.1, -0.05) is 13.0 Å². The number of benzene rings is 1. The molecule has 3 rings (SSSR count). The van der Waals surface area contributed by atoms with Crippen molar-refractivity contribution in [2.24, 2.45) is 5.92 Å². The third kappa shape index (κ3) is 4.37. The van der Waals surface area contributed by atoms with Crippen molar-refractivity contribution in [3.05, 3.63) is 46.2 Å². The Kier molecular flexibility index (Phi) is 5.64. The van der Waals surface area contributed by atoms with Crippen LogP contribution < -0.4 is 5.32 Å². The van der Waals surface area contributed by atoms with Gasteiger partial charge in [0, 0.05) is 24.2 Å². The second-order valence-electron chi connectivity index (χ2n) is 6.60. The molecule has 1 saturated heterocycles. The molecule has 1 atom stereocenters. The zero-order valence-corrected chi connectivity index (χ0v) is 16.3. The Morgan fingerprint density at radius 2 is 2.07 bits per heavy atom. The Bertz CT molecular complexity index is 968. The van der Waals surface area contributed by atoms with Gasteiger partial charge in [0.05, 0.1) is 15.3 Å². The molecular formula is C18H20N2O5S2. The summed E-state index contributed by atoms with van der Waals surface area (Å²) in [6.07, 6.45) is 1.84. The Labute approximate surface area is 161 Å². The van der Waals surface area contributed by atoms with E-state index in [4.69, 9.17) is 5.11 Å². The van der Waals surface area contributed by atoms with E-state index in [1.54, 1.807) is 6.07 Å². The van der Waals surface area contributed by atoms with Crippen LogP contribution in [0.1, 0.15) is 39.8 Å². The highest BCUT2D eigenvalue weighted by atomic mass is 32.2. The van der Waals surface area contributed by atoms with Crippen LogP contribution in [0.5, 0.6) is 0 Å². The van der Waals surface area contributed by atoms with Crippen LogP contribution >= 0.6 is 11.3 Å². The van der Waals surface area contributed by atoms with E-state index in [2.05, 4.69) is 5.32 Å². The quantitative estimate of drug-likeness (QED) is 0.791. The molecule has 2 N–H and O–H groups in total. The molecule has 1 fully saturated rings. The minimum atomic E-state index is -3.61. The summed E-state index contributed by atoms with van der Waals surface area (Å²) >= 11 is 1.04. The van der Waals surface area contributed by atoms with Gasteiger partial charge in [-0.05, 0) is 43.0 Å². The maximum absolute atomic E-state index is 12.8. The van der Waals surface area contributed by atoms with Crippen LogP contribution in [0.2, 0.25) is 0 Å². The number of carbonyl (C=O) groups excluding carboxylic acids is 1. The summed E-state index contributed by atoms with van der Waals surface area (Å²) in [5.74, 6) is -1.25. The molecule has 7 nitrogen and oxygen atoms in total. The van der Waals surface area contributed by atoms with E-state index in [1.807, 2.05) is 6.92 Å². The van der Waals surface area contributed by atoms with E-state index in [1.165, 1.54) is 34.0 Å². The maximum Gasteiger partial charge on any atom is 0.335 e. The lowest BCUT2D eigenvalue weighted by molar-refractivity contribution is 0.0696. The number of nitrogens with zero attached hydrogens (tertiary/aromatic N) is 1. The summed E-state index contributed by atoms with van der Waals surface area (Å²) in [5.41, 5.74) is 0.393. The number of carbonyl (C=O) groups is 2. The first-order chi connectivity index (χ1) is 12.8. The van der Waals surface area contributed by atoms with Gasteiger partial charge < -0.3 is 10.4 Å². The Hall–Kier alpha value is -2.23. The number of anilines is 1. The molecule has 1 aromatic carbocycles. The van der Waals surface area contributed by atoms with Crippen LogP contribution in [0, 0.1) is 5.92 Å². The van der Waals surface area contributed by atoms with E-state index in [-0.39, 0.29) is 15.3 Å². The summed E-state index contributed by atoms with van der Waals surface area (Å²) in [7, 11) is -3.61. The number of rotatable bonds is 5. The predicted octanol–water partition coefficient (Wildman–Crippen LogP) is 3.12. The van der Waals surface area contributed by atoms with Crippen molar-refractivity contribution in [3.63, 3.8) is 0 Å². The van der Waals surface area contributed by atoms with Gasteiger partial charge >= 0.3 is 5.97 Å². The predicted molar refractivity (Wildman–Crippen MR) is 103 cm³/mol. The first kappa shape index (κ1) is 19.5. The van der Waals surface area contributed by atoms with Crippen molar-refractivity contribution in [1.29, 1.82) is 0 Å². The zero-order chi connectivity index (χ0) is 19.6. The Morgan fingerprint density at radius 1 is 1.30 bits per heavy atom. The number of hydrogen-bond acceptors (Lipinski definition) is 5. The molecule has 0 bridgehead atoms. The Morgan fingerprint density at radius 3 is 2.78 bits per heavy atom. The van der Waals surface area contributed by atoms with Gasteiger partial charge in [0.2, 0.25) is 10.0 Å². The molecule has 144 valence electrons.